The molecule has 3 aromatic rings. The summed E-state index contributed by atoms with van der Waals surface area (Å²) in [7, 11) is -4.36. The minimum Gasteiger partial charge on any atom is -0.462 e. The summed E-state index contributed by atoms with van der Waals surface area (Å²) in [6.45, 7) is 3.07. The molecule has 0 saturated heterocycles. The number of anilines is 1. The van der Waals surface area contributed by atoms with E-state index in [4.69, 9.17) is 9.47 Å². The van der Waals surface area contributed by atoms with E-state index in [0.29, 0.717) is 5.69 Å². The van der Waals surface area contributed by atoms with Crippen LogP contribution >= 0.6 is 15.9 Å². The molecule has 3 aromatic carbocycles. The van der Waals surface area contributed by atoms with E-state index in [1.54, 1.807) is 86.6 Å². The van der Waals surface area contributed by atoms with Gasteiger partial charge in [-0.3, -0.25) is 5.43 Å². The Bertz CT molecular complexity index is 1380. The zero-order valence-corrected chi connectivity index (χ0v) is 22.6. The second kappa shape index (κ2) is 13.0. The Labute approximate surface area is 224 Å². The monoisotopic (exact) mass is 584 g/mol. The van der Waals surface area contributed by atoms with Gasteiger partial charge in [-0.1, -0.05) is 64.5 Å². The van der Waals surface area contributed by atoms with Crippen LogP contribution in [0.3, 0.4) is 0 Å². The lowest BCUT2D eigenvalue weighted by atomic mass is 10.0. The number of nitrogens with one attached hydrogen (secondary N) is 1. The maximum absolute atomic E-state index is 14.0. The van der Waals surface area contributed by atoms with Gasteiger partial charge in [0.15, 0.2) is 10.6 Å². The van der Waals surface area contributed by atoms with Crippen LogP contribution in [0.4, 0.5) is 5.69 Å². The van der Waals surface area contributed by atoms with Crippen molar-refractivity contribution in [2.24, 2.45) is 5.10 Å². The summed E-state index contributed by atoms with van der Waals surface area (Å²) in [5, 5.41) is 3.69. The summed E-state index contributed by atoms with van der Waals surface area (Å²) in [6.07, 6.45) is 0. The molecule has 1 N–H and O–H groups in total. The van der Waals surface area contributed by atoms with E-state index in [1.165, 1.54) is 12.1 Å². The van der Waals surface area contributed by atoms with Gasteiger partial charge < -0.3 is 9.47 Å². The van der Waals surface area contributed by atoms with E-state index < -0.39 is 32.4 Å². The van der Waals surface area contributed by atoms with Gasteiger partial charge in [0.2, 0.25) is 9.84 Å². The lowest BCUT2D eigenvalue weighted by molar-refractivity contribution is -0.146. The fourth-order valence-electron chi connectivity index (χ4n) is 3.27. The van der Waals surface area contributed by atoms with Crippen molar-refractivity contribution in [3.63, 3.8) is 0 Å². The lowest BCUT2D eigenvalue weighted by Crippen LogP contribution is -2.26. The largest absolute Gasteiger partial charge is 0.462 e. The maximum atomic E-state index is 14.0. The molecular formula is C27H25BrN2O6S. The molecule has 0 aliphatic rings. The van der Waals surface area contributed by atoms with Gasteiger partial charge in [0.25, 0.3) is 0 Å². The Balaban J connectivity index is 2.39. The van der Waals surface area contributed by atoms with Crippen molar-refractivity contribution in [3.8, 4) is 0 Å². The van der Waals surface area contributed by atoms with Crippen LogP contribution in [0.15, 0.2) is 105 Å². The second-order valence-electron chi connectivity index (χ2n) is 7.41. The van der Waals surface area contributed by atoms with Crippen LogP contribution in [0.1, 0.15) is 19.4 Å². The number of hydrogen-bond donors (Lipinski definition) is 1. The molecule has 3 rings (SSSR count). The van der Waals surface area contributed by atoms with Crippen molar-refractivity contribution in [3.05, 3.63) is 101 Å². The maximum Gasteiger partial charge on any atom is 0.346 e. The molecule has 0 aliphatic heterocycles. The molecule has 10 heteroatoms. The third-order valence-corrected chi connectivity index (χ3v) is 7.15. The zero-order chi connectivity index (χ0) is 26.8. The third kappa shape index (κ3) is 6.93. The average molecular weight is 585 g/mol. The highest BCUT2D eigenvalue weighted by atomic mass is 79.9. The van der Waals surface area contributed by atoms with Crippen molar-refractivity contribution in [2.45, 2.75) is 18.7 Å². The van der Waals surface area contributed by atoms with Gasteiger partial charge in [-0.2, -0.15) is 5.10 Å². The summed E-state index contributed by atoms with van der Waals surface area (Å²) in [4.78, 5) is 26.1. The smallest absolute Gasteiger partial charge is 0.346 e. The summed E-state index contributed by atoms with van der Waals surface area (Å²) >= 11 is 3.35. The minimum atomic E-state index is -4.36. The van der Waals surface area contributed by atoms with Crippen molar-refractivity contribution in [2.75, 3.05) is 18.6 Å². The van der Waals surface area contributed by atoms with E-state index in [1.807, 2.05) is 0 Å². The molecule has 0 aliphatic carbocycles. The molecule has 192 valence electrons. The lowest BCUT2D eigenvalue weighted by Gasteiger charge is -2.17. The average Bonchev–Trinajstić information content (AvgIpc) is 2.90. The molecule has 0 atom stereocenters. The van der Waals surface area contributed by atoms with E-state index >= 15 is 0 Å². The van der Waals surface area contributed by atoms with E-state index in [0.717, 1.165) is 4.47 Å². The number of rotatable bonds is 9. The Morgan fingerprint density at radius 2 is 1.32 bits per heavy atom. The molecule has 0 saturated carbocycles. The number of benzene rings is 3. The SMILES string of the molecule is CCOC(=O)C(C(=O)OCC)=C(/C(=N\Nc1ccc(Br)cc1)S(=O)(=O)c1ccccc1)c1ccccc1. The Morgan fingerprint density at radius 3 is 1.84 bits per heavy atom. The van der Waals surface area contributed by atoms with Crippen molar-refractivity contribution < 1.29 is 27.5 Å². The van der Waals surface area contributed by atoms with Crippen LogP contribution in [0.2, 0.25) is 0 Å². The molecule has 0 fully saturated rings. The first-order valence-corrected chi connectivity index (χ1v) is 13.6. The van der Waals surface area contributed by atoms with Gasteiger partial charge >= 0.3 is 11.9 Å². The first kappa shape index (κ1) is 27.8. The van der Waals surface area contributed by atoms with Crippen LogP contribution in [0, 0.1) is 0 Å². The van der Waals surface area contributed by atoms with Crippen molar-refractivity contribution in [1.82, 2.24) is 0 Å². The van der Waals surface area contributed by atoms with Gasteiger partial charge in [-0.15, -0.1) is 0 Å². The first-order chi connectivity index (χ1) is 17.8. The van der Waals surface area contributed by atoms with E-state index in [-0.39, 0.29) is 29.2 Å². The highest BCUT2D eigenvalue weighted by Crippen LogP contribution is 2.29. The number of ether oxygens (including phenoxy) is 2. The van der Waals surface area contributed by atoms with E-state index in [9.17, 15) is 18.0 Å². The number of esters is 2. The highest BCUT2D eigenvalue weighted by Gasteiger charge is 2.36. The molecule has 0 radical (unpaired) electrons. The molecule has 0 amide bonds. The molecule has 0 unspecified atom stereocenters. The number of hydrogen-bond acceptors (Lipinski definition) is 8. The molecular weight excluding hydrogens is 560 g/mol. The summed E-state index contributed by atoms with van der Waals surface area (Å²) in [6, 6.07) is 22.6. The number of nitrogens with zero attached hydrogens (tertiary/aromatic N) is 1. The minimum absolute atomic E-state index is 0.0428. The van der Waals surface area contributed by atoms with Gasteiger partial charge in [-0.25, -0.2) is 18.0 Å². The first-order valence-electron chi connectivity index (χ1n) is 11.3. The predicted molar refractivity (Wildman–Crippen MR) is 145 cm³/mol. The number of carbonyl (C=O) groups excluding carboxylic acids is 2. The van der Waals surface area contributed by atoms with Crippen molar-refractivity contribution in [1.29, 1.82) is 0 Å². The molecule has 37 heavy (non-hydrogen) atoms. The summed E-state index contributed by atoms with van der Waals surface area (Å²) < 4.78 is 39.0. The molecule has 0 bridgehead atoms. The fourth-order valence-corrected chi connectivity index (χ4v) is 4.93. The third-order valence-electron chi connectivity index (χ3n) is 4.92. The van der Waals surface area contributed by atoms with Crippen molar-refractivity contribution >= 4 is 54.0 Å². The van der Waals surface area contributed by atoms with Crippen LogP contribution in [0.5, 0.6) is 0 Å². The van der Waals surface area contributed by atoms with Gasteiger partial charge in [0.05, 0.1) is 23.8 Å². The van der Waals surface area contributed by atoms with Gasteiger partial charge in [0, 0.05) is 10.0 Å². The fraction of sp³-hybridized carbons (Fsp3) is 0.148. The molecule has 0 heterocycles. The Morgan fingerprint density at radius 1 is 0.811 bits per heavy atom. The normalized spacial score (nSPS) is 11.4. The quantitative estimate of drug-likeness (QED) is 0.0697. The zero-order valence-electron chi connectivity index (χ0n) is 20.2. The number of halogens is 1. The van der Waals surface area contributed by atoms with Crippen LogP contribution in [-0.2, 0) is 28.9 Å². The van der Waals surface area contributed by atoms with Crippen LogP contribution in [0.25, 0.3) is 5.57 Å². The molecule has 0 spiro atoms. The Hall–Kier alpha value is -3.76. The highest BCUT2D eigenvalue weighted by molar-refractivity contribution is 9.10. The number of hydrazone groups is 1. The van der Waals surface area contributed by atoms with Gasteiger partial charge in [-0.05, 0) is 55.8 Å². The van der Waals surface area contributed by atoms with Gasteiger partial charge in [0.1, 0.15) is 0 Å². The summed E-state index contributed by atoms with van der Waals surface area (Å²) in [5.74, 6) is -2.06. The predicted octanol–water partition coefficient (Wildman–Crippen LogP) is 5.23. The van der Waals surface area contributed by atoms with E-state index in [2.05, 4.69) is 26.5 Å². The second-order valence-corrected chi connectivity index (χ2v) is 10.2. The molecule has 8 nitrogen and oxygen atoms in total. The van der Waals surface area contributed by atoms with Crippen LogP contribution in [-0.4, -0.2) is 38.6 Å². The van der Waals surface area contributed by atoms with Crippen LogP contribution < -0.4 is 5.43 Å². The topological polar surface area (TPSA) is 111 Å². The Kier molecular flexibility index (Phi) is 9.76. The summed E-state index contributed by atoms with van der Waals surface area (Å²) in [5.41, 5.74) is 2.66. The standard InChI is InChI=1S/C27H25BrN2O6S/c1-3-35-26(31)24(27(32)36-4-2)23(19-11-7-5-8-12-19)25(30-29-21-17-15-20(28)16-18-21)37(33,34)22-13-9-6-10-14-22/h5-18,29H,3-4H2,1-2H3/b30-25+. The number of carbonyl (C=O) groups is 2. The molecule has 0 aromatic heterocycles. The number of sulfone groups is 1.